The molecule has 3 heterocycles. The molecule has 10 heteroatoms. The average molecular weight is 835 g/mol. The van der Waals surface area contributed by atoms with E-state index in [2.05, 4.69) is 121 Å². The third-order valence-electron chi connectivity index (χ3n) is 13.4. The van der Waals surface area contributed by atoms with Gasteiger partial charge in [0, 0.05) is 39.5 Å². The van der Waals surface area contributed by atoms with Gasteiger partial charge in [0.1, 0.15) is 11.7 Å². The van der Waals surface area contributed by atoms with Crippen molar-refractivity contribution in [3.63, 3.8) is 0 Å². The molecule has 0 unspecified atom stereocenters. The monoisotopic (exact) mass is 835 g/mol. The van der Waals surface area contributed by atoms with Crippen LogP contribution in [0.2, 0.25) is 42.3 Å². The fourth-order valence-corrected chi connectivity index (χ4v) is 15.8. The van der Waals surface area contributed by atoms with Crippen LogP contribution >= 0.6 is 0 Å². The Morgan fingerprint density at radius 3 is 2.14 bits per heavy atom. The van der Waals surface area contributed by atoms with Gasteiger partial charge in [0.25, 0.3) is 0 Å². The molecule has 3 saturated heterocycles. The third kappa shape index (κ3) is 13.7. The minimum Gasteiger partial charge on any atom is -0.435 e. The predicted molar refractivity (Wildman–Crippen MR) is 240 cm³/mol. The number of allylic oxidation sites excluding steroid dienone is 2. The molecule has 330 valence electrons. The number of esters is 1. The molecule has 3 aliphatic heterocycles. The SMILES string of the molecule is CCCC[C@]1([C@@H]2COC(CC)(CC)O2)CC[C@]2(CC[C@H](C)[C@@H](C/C=C(C)/C=C/[C@@H](O[Si](C(C)C)(C(C)C)C(C)C)[C@@H](C)/C=C/C(=O)OCOCC[Si](C)(C)C)O2)O1. The Kier molecular flexibility index (Phi) is 19.5. The number of ether oxygens (including phenoxy) is 6. The number of hydrogen-bond donors (Lipinski definition) is 0. The normalized spacial score (nSPS) is 28.5. The molecular weight excluding hydrogens is 749 g/mol. The van der Waals surface area contributed by atoms with Gasteiger partial charge in [-0.15, -0.1) is 0 Å². The maximum atomic E-state index is 12.7. The first kappa shape index (κ1) is 50.2. The first-order valence-electron chi connectivity index (χ1n) is 22.9. The second kappa shape index (κ2) is 22.1. The highest BCUT2D eigenvalue weighted by Gasteiger charge is 2.59. The maximum absolute atomic E-state index is 12.7. The lowest BCUT2D eigenvalue weighted by atomic mass is 9.86. The number of carbonyl (C=O) groups is 1. The van der Waals surface area contributed by atoms with E-state index < -0.39 is 28.0 Å². The van der Waals surface area contributed by atoms with Gasteiger partial charge >= 0.3 is 5.97 Å². The van der Waals surface area contributed by atoms with E-state index in [0.29, 0.717) is 35.8 Å². The highest BCUT2D eigenvalue weighted by Crippen LogP contribution is 2.52. The molecule has 0 aromatic heterocycles. The quantitative estimate of drug-likeness (QED) is 0.0251. The largest absolute Gasteiger partial charge is 0.435 e. The molecule has 3 rings (SSSR count). The maximum Gasteiger partial charge on any atom is 0.332 e. The Morgan fingerprint density at radius 1 is 0.895 bits per heavy atom. The Bertz CT molecular complexity index is 1290. The molecule has 0 aliphatic carbocycles. The summed E-state index contributed by atoms with van der Waals surface area (Å²) < 4.78 is 45.6. The van der Waals surface area contributed by atoms with Gasteiger partial charge < -0.3 is 32.8 Å². The smallest absolute Gasteiger partial charge is 0.332 e. The van der Waals surface area contributed by atoms with Crippen LogP contribution in [0.4, 0.5) is 0 Å². The zero-order valence-corrected chi connectivity index (χ0v) is 41.2. The first-order chi connectivity index (χ1) is 26.7. The molecule has 8 nitrogen and oxygen atoms in total. The molecule has 0 radical (unpaired) electrons. The van der Waals surface area contributed by atoms with Gasteiger partial charge in [-0.2, -0.15) is 0 Å². The molecule has 0 amide bonds. The molecule has 3 fully saturated rings. The minimum atomic E-state index is -2.23. The fraction of sp³-hybridized carbons (Fsp3) is 0.851. The van der Waals surface area contributed by atoms with Gasteiger partial charge in [0.05, 0.1) is 18.8 Å². The second-order valence-corrected chi connectivity index (χ2v) is 30.9. The molecule has 0 aromatic rings. The Hall–Kier alpha value is -1.12. The molecule has 0 saturated carbocycles. The number of carbonyl (C=O) groups excluding carboxylic acids is 1. The van der Waals surface area contributed by atoms with Crippen molar-refractivity contribution in [2.45, 2.75) is 225 Å². The predicted octanol–water partition coefficient (Wildman–Crippen LogP) is 12.7. The summed E-state index contributed by atoms with van der Waals surface area (Å²) in [5.41, 5.74) is 2.10. The van der Waals surface area contributed by atoms with Gasteiger partial charge in [0.15, 0.2) is 18.4 Å². The van der Waals surface area contributed by atoms with E-state index in [1.54, 1.807) is 0 Å². The van der Waals surface area contributed by atoms with Crippen LogP contribution in [-0.2, 0) is 37.6 Å². The van der Waals surface area contributed by atoms with Crippen molar-refractivity contribution >= 4 is 22.4 Å². The van der Waals surface area contributed by atoms with Crippen LogP contribution < -0.4 is 0 Å². The van der Waals surface area contributed by atoms with Crippen LogP contribution in [-0.4, -0.2) is 77.9 Å². The first-order valence-corrected chi connectivity index (χ1v) is 28.7. The summed E-state index contributed by atoms with van der Waals surface area (Å²) in [6.07, 6.45) is 19.5. The van der Waals surface area contributed by atoms with Crippen molar-refractivity contribution in [1.82, 2.24) is 0 Å². The summed E-state index contributed by atoms with van der Waals surface area (Å²) >= 11 is 0. The summed E-state index contributed by atoms with van der Waals surface area (Å²) in [7, 11) is -3.43. The molecule has 0 N–H and O–H groups in total. The lowest BCUT2D eigenvalue weighted by molar-refractivity contribution is -0.314. The number of rotatable bonds is 23. The standard InChI is InChI=1S/C47H86O8Si2/c1-16-19-27-45(43-33-51-46(17-2,18-3)53-43)29-30-47(55-45)28-26-40(12)41(52-47)23-20-38(10)21-24-42(54-57(35(4)5,36(6)7)37(8)9)39(11)22-25-44(48)50-34-49-31-32-56(13,14)15/h20-22,24-25,35-37,39-43H,16-19,23,26-34H2,1-15H3/b24-21+,25-22+,38-20+/t39-,40-,41+,42+,43-,45+,47-/m0/s1. The molecule has 3 aliphatic rings. The van der Waals surface area contributed by atoms with Crippen LogP contribution in [0.25, 0.3) is 0 Å². The fourth-order valence-electron chi connectivity index (χ4n) is 9.48. The van der Waals surface area contributed by atoms with Gasteiger partial charge in [-0.05, 0) is 74.0 Å². The second-order valence-electron chi connectivity index (χ2n) is 19.9. The molecule has 0 bridgehead atoms. The lowest BCUT2D eigenvalue weighted by Crippen LogP contribution is -2.50. The van der Waals surface area contributed by atoms with Crippen molar-refractivity contribution in [2.75, 3.05) is 20.0 Å². The van der Waals surface area contributed by atoms with E-state index in [9.17, 15) is 4.79 Å². The zero-order valence-electron chi connectivity index (χ0n) is 39.2. The average Bonchev–Trinajstić information content (AvgIpc) is 3.76. The highest BCUT2D eigenvalue weighted by molar-refractivity contribution is 6.77. The zero-order chi connectivity index (χ0) is 42.7. The van der Waals surface area contributed by atoms with Crippen LogP contribution in [0.15, 0.2) is 36.0 Å². The van der Waals surface area contributed by atoms with Crippen LogP contribution in [0.5, 0.6) is 0 Å². The highest BCUT2D eigenvalue weighted by atomic mass is 28.4. The van der Waals surface area contributed by atoms with Crippen molar-refractivity contribution in [3.05, 3.63) is 36.0 Å². The Balaban J connectivity index is 1.76. The van der Waals surface area contributed by atoms with E-state index >= 15 is 0 Å². The molecular formula is C47H86O8Si2. The summed E-state index contributed by atoms with van der Waals surface area (Å²) in [6, 6.07) is 1.04. The van der Waals surface area contributed by atoms with E-state index in [4.69, 9.17) is 32.8 Å². The van der Waals surface area contributed by atoms with Crippen LogP contribution in [0, 0.1) is 11.8 Å². The summed E-state index contributed by atoms with van der Waals surface area (Å²) in [6.45, 7) is 35.2. The van der Waals surface area contributed by atoms with Gasteiger partial charge in [-0.3, -0.25) is 0 Å². The molecule has 57 heavy (non-hydrogen) atoms. The molecule has 7 atom stereocenters. The number of hydrogen-bond acceptors (Lipinski definition) is 8. The van der Waals surface area contributed by atoms with Crippen molar-refractivity contribution in [1.29, 1.82) is 0 Å². The van der Waals surface area contributed by atoms with Gasteiger partial charge in [-0.1, -0.05) is 139 Å². The molecule has 0 aromatic carbocycles. The van der Waals surface area contributed by atoms with Crippen LogP contribution in [0.1, 0.15) is 147 Å². The summed E-state index contributed by atoms with van der Waals surface area (Å²) in [5, 5.41) is 0. The van der Waals surface area contributed by atoms with Gasteiger partial charge in [0.2, 0.25) is 8.32 Å². The topological polar surface area (TPSA) is 81.7 Å². The molecule has 1 spiro atoms. The lowest BCUT2D eigenvalue weighted by Gasteiger charge is -2.45. The summed E-state index contributed by atoms with van der Waals surface area (Å²) in [4.78, 5) is 12.7. The summed E-state index contributed by atoms with van der Waals surface area (Å²) in [5.74, 6) is -1.08. The van der Waals surface area contributed by atoms with Crippen molar-refractivity contribution in [2.24, 2.45) is 11.8 Å². The van der Waals surface area contributed by atoms with E-state index in [1.165, 1.54) is 11.6 Å². The third-order valence-corrected chi connectivity index (χ3v) is 21.2. The van der Waals surface area contributed by atoms with Crippen molar-refractivity contribution < 1.29 is 37.6 Å². The van der Waals surface area contributed by atoms with Crippen LogP contribution in [0.3, 0.4) is 0 Å². The van der Waals surface area contributed by atoms with E-state index in [1.807, 2.05) is 6.08 Å². The number of unbranched alkanes of at least 4 members (excludes halogenated alkanes) is 1. The van der Waals surface area contributed by atoms with Crippen molar-refractivity contribution in [3.8, 4) is 0 Å². The van der Waals surface area contributed by atoms with E-state index in [-0.39, 0.29) is 42.6 Å². The Morgan fingerprint density at radius 2 is 1.56 bits per heavy atom. The van der Waals surface area contributed by atoms with Gasteiger partial charge in [-0.25, -0.2) is 4.79 Å². The minimum absolute atomic E-state index is 0.0192. The van der Waals surface area contributed by atoms with E-state index in [0.717, 1.165) is 70.3 Å². The Labute approximate surface area is 351 Å².